The lowest BCUT2D eigenvalue weighted by atomic mass is 10.3. The molecule has 18 heavy (non-hydrogen) atoms. The molecule has 0 radical (unpaired) electrons. The zero-order valence-corrected chi connectivity index (χ0v) is 11.5. The lowest BCUT2D eigenvalue weighted by molar-refractivity contribution is -0.133. The minimum atomic E-state index is -0.269. The highest BCUT2D eigenvalue weighted by Gasteiger charge is 2.24. The number of amides is 3. The van der Waals surface area contributed by atoms with Gasteiger partial charge in [-0.15, -0.1) is 0 Å². The molecular weight excluding hydrogens is 300 g/mol. The van der Waals surface area contributed by atoms with Crippen molar-refractivity contribution in [2.24, 2.45) is 0 Å². The van der Waals surface area contributed by atoms with Gasteiger partial charge < -0.3 is 15.1 Å². The maximum Gasteiger partial charge on any atom is 0.322 e. The van der Waals surface area contributed by atoms with Crippen LogP contribution in [0.2, 0.25) is 0 Å². The summed E-state index contributed by atoms with van der Waals surface area (Å²) in [7, 11) is 1.73. The summed E-state index contributed by atoms with van der Waals surface area (Å²) in [4.78, 5) is 30.5. The molecular formula is C11H13BrN4O2. The maximum atomic E-state index is 11.9. The molecule has 0 aliphatic carbocycles. The zero-order valence-electron chi connectivity index (χ0n) is 9.89. The van der Waals surface area contributed by atoms with Crippen LogP contribution in [0.5, 0.6) is 0 Å². The molecule has 0 aromatic carbocycles. The van der Waals surface area contributed by atoms with Crippen molar-refractivity contribution in [3.05, 3.63) is 22.9 Å². The van der Waals surface area contributed by atoms with E-state index in [1.807, 2.05) is 0 Å². The first-order valence-electron chi connectivity index (χ1n) is 5.48. The normalized spacial score (nSPS) is 15.8. The first-order chi connectivity index (χ1) is 8.56. The smallest absolute Gasteiger partial charge is 0.322 e. The van der Waals surface area contributed by atoms with Crippen molar-refractivity contribution in [1.29, 1.82) is 0 Å². The summed E-state index contributed by atoms with van der Waals surface area (Å²) in [6.07, 6.45) is 1.59. The Labute approximate surface area is 113 Å². The van der Waals surface area contributed by atoms with Crippen LogP contribution in [-0.4, -0.2) is 53.4 Å². The summed E-state index contributed by atoms with van der Waals surface area (Å²) in [5.41, 5.74) is 0.647. The van der Waals surface area contributed by atoms with E-state index in [2.05, 4.69) is 26.2 Å². The quantitative estimate of drug-likeness (QED) is 0.791. The number of hydrogen-bond donors (Lipinski definition) is 1. The Morgan fingerprint density at radius 2 is 2.28 bits per heavy atom. The maximum absolute atomic E-state index is 11.9. The predicted molar refractivity (Wildman–Crippen MR) is 70.2 cm³/mol. The first-order valence-corrected chi connectivity index (χ1v) is 6.27. The summed E-state index contributed by atoms with van der Waals surface area (Å²) in [5.74, 6) is -0.0488. The number of halogens is 1. The van der Waals surface area contributed by atoms with Gasteiger partial charge in [0.05, 0.1) is 0 Å². The molecule has 1 saturated heterocycles. The third-order valence-corrected chi connectivity index (χ3v) is 3.16. The Bertz CT molecular complexity index is 480. The molecule has 0 saturated carbocycles. The zero-order chi connectivity index (χ0) is 13.1. The SMILES string of the molecule is CN1CCN(C(=O)Nc2ccnc(Br)c2)CC1=O. The van der Waals surface area contributed by atoms with E-state index in [0.717, 1.165) is 0 Å². The van der Waals surface area contributed by atoms with E-state index < -0.39 is 0 Å². The molecule has 2 heterocycles. The molecule has 1 aliphatic rings. The van der Waals surface area contributed by atoms with Crippen LogP contribution >= 0.6 is 15.9 Å². The molecule has 1 aromatic heterocycles. The van der Waals surface area contributed by atoms with E-state index in [4.69, 9.17) is 0 Å². The molecule has 0 unspecified atom stereocenters. The van der Waals surface area contributed by atoms with Gasteiger partial charge in [0.15, 0.2) is 0 Å². The monoisotopic (exact) mass is 312 g/mol. The number of rotatable bonds is 1. The van der Waals surface area contributed by atoms with Crippen molar-refractivity contribution in [3.8, 4) is 0 Å². The number of anilines is 1. The number of likely N-dealkylation sites (N-methyl/N-ethyl adjacent to an activating group) is 1. The molecule has 1 fully saturated rings. The van der Waals surface area contributed by atoms with Crippen molar-refractivity contribution in [2.45, 2.75) is 0 Å². The number of piperazine rings is 1. The second-order valence-electron chi connectivity index (χ2n) is 4.03. The molecule has 0 atom stereocenters. The number of hydrogen-bond acceptors (Lipinski definition) is 3. The highest BCUT2D eigenvalue weighted by atomic mass is 79.9. The molecule has 2 rings (SSSR count). The third kappa shape index (κ3) is 2.98. The van der Waals surface area contributed by atoms with Crippen molar-refractivity contribution in [3.63, 3.8) is 0 Å². The van der Waals surface area contributed by atoms with Gasteiger partial charge in [0.2, 0.25) is 5.91 Å². The van der Waals surface area contributed by atoms with Gasteiger partial charge in [-0.3, -0.25) is 4.79 Å². The average Bonchev–Trinajstić information content (AvgIpc) is 2.32. The second-order valence-corrected chi connectivity index (χ2v) is 4.85. The Morgan fingerprint density at radius 3 is 2.94 bits per heavy atom. The summed E-state index contributed by atoms with van der Waals surface area (Å²) < 4.78 is 0.648. The van der Waals surface area contributed by atoms with Crippen molar-refractivity contribution >= 4 is 33.6 Å². The van der Waals surface area contributed by atoms with E-state index in [-0.39, 0.29) is 18.5 Å². The fraction of sp³-hybridized carbons (Fsp3) is 0.364. The fourth-order valence-corrected chi connectivity index (χ4v) is 1.98. The van der Waals surface area contributed by atoms with Gasteiger partial charge in [0.1, 0.15) is 11.1 Å². The molecule has 0 spiro atoms. The molecule has 1 aliphatic heterocycles. The Balaban J connectivity index is 1.98. The standard InChI is InChI=1S/C11H13BrN4O2/c1-15-4-5-16(7-10(15)17)11(18)14-8-2-3-13-9(12)6-8/h2-3,6H,4-5,7H2,1H3,(H,13,14,18). The summed E-state index contributed by atoms with van der Waals surface area (Å²) in [5, 5.41) is 2.73. The fourth-order valence-electron chi connectivity index (χ4n) is 1.61. The van der Waals surface area contributed by atoms with Crippen LogP contribution < -0.4 is 5.32 Å². The molecule has 1 N–H and O–H groups in total. The van der Waals surface area contributed by atoms with Crippen LogP contribution in [-0.2, 0) is 4.79 Å². The Hall–Kier alpha value is -1.63. The lowest BCUT2D eigenvalue weighted by Crippen LogP contribution is -2.51. The number of nitrogens with one attached hydrogen (secondary N) is 1. The molecule has 6 nitrogen and oxygen atoms in total. The van der Waals surface area contributed by atoms with Gasteiger partial charge in [-0.2, -0.15) is 0 Å². The molecule has 3 amide bonds. The van der Waals surface area contributed by atoms with Crippen LogP contribution in [0.4, 0.5) is 10.5 Å². The van der Waals surface area contributed by atoms with E-state index >= 15 is 0 Å². The average molecular weight is 313 g/mol. The Kier molecular flexibility index (Phi) is 3.81. The van der Waals surface area contributed by atoms with Crippen molar-refractivity contribution in [1.82, 2.24) is 14.8 Å². The van der Waals surface area contributed by atoms with Gasteiger partial charge in [0, 0.05) is 32.0 Å². The van der Waals surface area contributed by atoms with Gasteiger partial charge in [-0.1, -0.05) is 0 Å². The number of nitrogens with zero attached hydrogens (tertiary/aromatic N) is 3. The lowest BCUT2D eigenvalue weighted by Gasteiger charge is -2.31. The van der Waals surface area contributed by atoms with Gasteiger partial charge in [-0.25, -0.2) is 9.78 Å². The van der Waals surface area contributed by atoms with Gasteiger partial charge in [-0.05, 0) is 28.1 Å². The molecule has 96 valence electrons. The van der Waals surface area contributed by atoms with Crippen LogP contribution in [0, 0.1) is 0 Å². The van der Waals surface area contributed by atoms with Crippen LogP contribution in [0.15, 0.2) is 22.9 Å². The van der Waals surface area contributed by atoms with Crippen LogP contribution in [0.1, 0.15) is 0 Å². The van der Waals surface area contributed by atoms with E-state index in [1.165, 1.54) is 4.90 Å². The van der Waals surface area contributed by atoms with Crippen molar-refractivity contribution < 1.29 is 9.59 Å². The van der Waals surface area contributed by atoms with E-state index in [0.29, 0.717) is 23.4 Å². The van der Waals surface area contributed by atoms with Gasteiger partial charge in [0.25, 0.3) is 0 Å². The molecule has 1 aromatic rings. The number of urea groups is 1. The van der Waals surface area contributed by atoms with E-state index in [1.54, 1.807) is 30.3 Å². The summed E-state index contributed by atoms with van der Waals surface area (Å²) >= 11 is 3.23. The summed E-state index contributed by atoms with van der Waals surface area (Å²) in [6, 6.07) is 3.13. The predicted octanol–water partition coefficient (Wildman–Crippen LogP) is 1.15. The number of carbonyl (C=O) groups is 2. The van der Waals surface area contributed by atoms with Crippen LogP contribution in [0.25, 0.3) is 0 Å². The van der Waals surface area contributed by atoms with Crippen LogP contribution in [0.3, 0.4) is 0 Å². The Morgan fingerprint density at radius 1 is 1.50 bits per heavy atom. The number of aromatic nitrogens is 1. The van der Waals surface area contributed by atoms with Crippen molar-refractivity contribution in [2.75, 3.05) is 32.0 Å². The van der Waals surface area contributed by atoms with E-state index in [9.17, 15) is 9.59 Å². The molecule has 7 heteroatoms. The first kappa shape index (κ1) is 12.8. The largest absolute Gasteiger partial charge is 0.342 e. The molecule has 0 bridgehead atoms. The summed E-state index contributed by atoms with van der Waals surface area (Å²) in [6.45, 7) is 1.22. The number of pyridine rings is 1. The topological polar surface area (TPSA) is 65.5 Å². The number of carbonyl (C=O) groups excluding carboxylic acids is 2. The minimum absolute atomic E-state index is 0.0488. The minimum Gasteiger partial charge on any atom is -0.342 e. The van der Waals surface area contributed by atoms with Gasteiger partial charge >= 0.3 is 6.03 Å². The second kappa shape index (κ2) is 5.34. The highest BCUT2D eigenvalue weighted by molar-refractivity contribution is 9.10. The third-order valence-electron chi connectivity index (χ3n) is 2.72. The highest BCUT2D eigenvalue weighted by Crippen LogP contribution is 2.13.